The summed E-state index contributed by atoms with van der Waals surface area (Å²) in [6.07, 6.45) is 1.53. The molecule has 3 nitrogen and oxygen atoms in total. The van der Waals surface area contributed by atoms with Crippen molar-refractivity contribution >= 4 is 5.90 Å². The Morgan fingerprint density at radius 2 is 1.78 bits per heavy atom. The van der Waals surface area contributed by atoms with E-state index in [4.69, 9.17) is 9.47 Å². The van der Waals surface area contributed by atoms with E-state index in [-0.39, 0.29) is 17.5 Å². The van der Waals surface area contributed by atoms with Gasteiger partial charge in [0.1, 0.15) is 29.6 Å². The van der Waals surface area contributed by atoms with Crippen LogP contribution in [0.1, 0.15) is 18.4 Å². The van der Waals surface area contributed by atoms with Gasteiger partial charge in [-0.3, -0.25) is 0 Å². The Morgan fingerprint density at radius 3 is 2.52 bits per heavy atom. The monoisotopic (exact) mass is 317 g/mol. The van der Waals surface area contributed by atoms with Gasteiger partial charge in [0.2, 0.25) is 5.90 Å². The minimum atomic E-state index is -0.656. The van der Waals surface area contributed by atoms with E-state index >= 15 is 0 Å². The van der Waals surface area contributed by atoms with Crippen molar-refractivity contribution in [3.8, 4) is 5.75 Å². The number of benzene rings is 2. The fraction of sp³-hybridized carbons (Fsp3) is 0.278. The highest BCUT2D eigenvalue weighted by Crippen LogP contribution is 2.20. The smallest absolute Gasteiger partial charge is 0.222 e. The summed E-state index contributed by atoms with van der Waals surface area (Å²) in [4.78, 5) is 4.28. The molecule has 0 aromatic heterocycles. The topological polar surface area (TPSA) is 30.8 Å². The van der Waals surface area contributed by atoms with Crippen LogP contribution in [0.2, 0.25) is 0 Å². The molecule has 1 unspecified atom stereocenters. The molecule has 2 aromatic rings. The van der Waals surface area contributed by atoms with Gasteiger partial charge in [-0.25, -0.2) is 13.8 Å². The molecule has 1 aliphatic heterocycles. The van der Waals surface area contributed by atoms with Crippen LogP contribution in [-0.4, -0.2) is 25.2 Å². The van der Waals surface area contributed by atoms with Gasteiger partial charge in [-0.2, -0.15) is 0 Å². The zero-order valence-corrected chi connectivity index (χ0v) is 12.5. The first-order chi connectivity index (χ1) is 11.2. The van der Waals surface area contributed by atoms with Gasteiger partial charge < -0.3 is 9.47 Å². The molecular weight excluding hydrogens is 300 g/mol. The van der Waals surface area contributed by atoms with Crippen LogP contribution in [0.3, 0.4) is 0 Å². The number of nitrogens with zero attached hydrogens (tertiary/aromatic N) is 1. The van der Waals surface area contributed by atoms with Gasteiger partial charge in [-0.05, 0) is 37.1 Å². The van der Waals surface area contributed by atoms with Crippen LogP contribution in [0, 0.1) is 11.6 Å². The van der Waals surface area contributed by atoms with Crippen molar-refractivity contribution < 1.29 is 18.3 Å². The molecule has 0 spiro atoms. The molecule has 3 rings (SSSR count). The van der Waals surface area contributed by atoms with Crippen molar-refractivity contribution in [2.24, 2.45) is 4.99 Å². The van der Waals surface area contributed by atoms with Crippen LogP contribution in [0.25, 0.3) is 0 Å². The molecule has 0 aliphatic carbocycles. The van der Waals surface area contributed by atoms with Crippen molar-refractivity contribution in [2.75, 3.05) is 13.2 Å². The third-order valence-electron chi connectivity index (χ3n) is 3.58. The highest BCUT2D eigenvalue weighted by Gasteiger charge is 2.24. The van der Waals surface area contributed by atoms with Gasteiger partial charge in [0, 0.05) is 0 Å². The van der Waals surface area contributed by atoms with Crippen LogP contribution < -0.4 is 4.74 Å². The fourth-order valence-electron chi connectivity index (χ4n) is 2.43. The first-order valence-corrected chi connectivity index (χ1v) is 7.57. The average Bonchev–Trinajstić information content (AvgIpc) is 3.01. The SMILES string of the molecule is Fc1cccc(F)c1C1=NC(CCCOc2ccccc2)CO1. The van der Waals surface area contributed by atoms with E-state index in [1.807, 2.05) is 30.3 Å². The molecule has 2 aromatic carbocycles. The standard InChI is InChI=1S/C18H17F2NO2/c19-15-9-4-10-16(20)17(15)18-21-13(12-23-18)6-5-11-22-14-7-2-1-3-8-14/h1-4,7-10,13H,5-6,11-12H2. The van der Waals surface area contributed by atoms with Crippen LogP contribution in [-0.2, 0) is 4.74 Å². The van der Waals surface area contributed by atoms with E-state index in [0.717, 1.165) is 18.6 Å². The van der Waals surface area contributed by atoms with Crippen LogP contribution in [0.4, 0.5) is 8.78 Å². The van der Waals surface area contributed by atoms with E-state index < -0.39 is 11.6 Å². The summed E-state index contributed by atoms with van der Waals surface area (Å²) in [6.45, 7) is 0.911. The Hall–Kier alpha value is -2.43. The van der Waals surface area contributed by atoms with E-state index in [9.17, 15) is 8.78 Å². The summed E-state index contributed by atoms with van der Waals surface area (Å²) in [5.74, 6) is -0.434. The molecule has 0 saturated carbocycles. The van der Waals surface area contributed by atoms with Crippen molar-refractivity contribution in [2.45, 2.75) is 18.9 Å². The third-order valence-corrected chi connectivity index (χ3v) is 3.58. The Balaban J connectivity index is 1.52. The van der Waals surface area contributed by atoms with Gasteiger partial charge in [-0.15, -0.1) is 0 Å². The Kier molecular flexibility index (Phi) is 4.86. The van der Waals surface area contributed by atoms with Crippen LogP contribution >= 0.6 is 0 Å². The molecular formula is C18H17F2NO2. The lowest BCUT2D eigenvalue weighted by Gasteiger charge is -2.07. The summed E-state index contributed by atoms with van der Waals surface area (Å²) in [5.41, 5.74) is -0.185. The first kappa shape index (κ1) is 15.5. The van der Waals surface area contributed by atoms with Crippen molar-refractivity contribution in [1.82, 2.24) is 0 Å². The van der Waals surface area contributed by atoms with E-state index in [1.54, 1.807) is 0 Å². The van der Waals surface area contributed by atoms with Gasteiger partial charge in [0.15, 0.2) is 0 Å². The van der Waals surface area contributed by atoms with Crippen molar-refractivity contribution in [1.29, 1.82) is 0 Å². The lowest BCUT2D eigenvalue weighted by atomic mass is 10.2. The summed E-state index contributed by atoms with van der Waals surface area (Å²) in [7, 11) is 0. The molecule has 0 saturated heterocycles. The second kappa shape index (κ2) is 7.22. The lowest BCUT2D eigenvalue weighted by Crippen LogP contribution is -2.09. The number of aliphatic imine (C=N–C) groups is 1. The van der Waals surface area contributed by atoms with E-state index in [2.05, 4.69) is 4.99 Å². The summed E-state index contributed by atoms with van der Waals surface area (Å²) in [6, 6.07) is 13.2. The molecule has 1 aliphatic rings. The molecule has 0 bridgehead atoms. The van der Waals surface area contributed by atoms with E-state index in [1.165, 1.54) is 18.2 Å². The largest absolute Gasteiger partial charge is 0.494 e. The molecule has 0 radical (unpaired) electrons. The maximum atomic E-state index is 13.7. The molecule has 1 atom stereocenters. The maximum absolute atomic E-state index is 13.7. The predicted molar refractivity (Wildman–Crippen MR) is 83.8 cm³/mol. The quantitative estimate of drug-likeness (QED) is 0.755. The predicted octanol–water partition coefficient (Wildman–Crippen LogP) is 3.97. The van der Waals surface area contributed by atoms with Crippen molar-refractivity contribution in [3.05, 3.63) is 65.7 Å². The number of hydrogen-bond acceptors (Lipinski definition) is 3. The highest BCUT2D eigenvalue weighted by molar-refractivity contribution is 5.95. The fourth-order valence-corrected chi connectivity index (χ4v) is 2.43. The minimum absolute atomic E-state index is 0.0505. The number of rotatable bonds is 6. The first-order valence-electron chi connectivity index (χ1n) is 7.57. The summed E-state index contributed by atoms with van der Waals surface area (Å²) in [5, 5.41) is 0. The third kappa shape index (κ3) is 3.86. The lowest BCUT2D eigenvalue weighted by molar-refractivity contribution is 0.279. The minimum Gasteiger partial charge on any atom is -0.494 e. The molecule has 120 valence electrons. The van der Waals surface area contributed by atoms with Crippen LogP contribution in [0.15, 0.2) is 53.5 Å². The Labute approximate surface area is 133 Å². The number of hydrogen-bond donors (Lipinski definition) is 0. The van der Waals surface area contributed by atoms with Gasteiger partial charge in [-0.1, -0.05) is 24.3 Å². The summed E-state index contributed by atoms with van der Waals surface area (Å²) >= 11 is 0. The highest BCUT2D eigenvalue weighted by atomic mass is 19.1. The second-order valence-electron chi connectivity index (χ2n) is 5.30. The Bertz CT molecular complexity index is 668. The Morgan fingerprint density at radius 1 is 1.04 bits per heavy atom. The van der Waals surface area contributed by atoms with Crippen molar-refractivity contribution in [3.63, 3.8) is 0 Å². The van der Waals surface area contributed by atoms with Gasteiger partial charge in [0.25, 0.3) is 0 Å². The molecule has 23 heavy (non-hydrogen) atoms. The van der Waals surface area contributed by atoms with Crippen LogP contribution in [0.5, 0.6) is 5.75 Å². The van der Waals surface area contributed by atoms with Gasteiger partial charge >= 0.3 is 0 Å². The van der Waals surface area contributed by atoms with E-state index in [0.29, 0.717) is 13.2 Å². The molecule has 1 heterocycles. The molecule has 0 N–H and O–H groups in total. The summed E-state index contributed by atoms with van der Waals surface area (Å²) < 4.78 is 38.4. The number of halogens is 2. The molecule has 0 fully saturated rings. The zero-order chi connectivity index (χ0) is 16.1. The van der Waals surface area contributed by atoms with Gasteiger partial charge in [0.05, 0.1) is 12.6 Å². The molecule has 5 heteroatoms. The second-order valence-corrected chi connectivity index (χ2v) is 5.30. The molecule has 0 amide bonds. The number of ether oxygens (including phenoxy) is 2. The maximum Gasteiger partial charge on any atom is 0.222 e. The number of para-hydroxylation sites is 1. The zero-order valence-electron chi connectivity index (χ0n) is 12.5. The average molecular weight is 317 g/mol. The normalized spacial score (nSPS) is 16.8.